The quantitative estimate of drug-likeness (QED) is 0.795. The summed E-state index contributed by atoms with van der Waals surface area (Å²) in [4.78, 5) is 12.7. The molecule has 0 fully saturated rings. The van der Waals surface area contributed by atoms with Crippen molar-refractivity contribution in [1.29, 1.82) is 0 Å². The molecule has 0 aliphatic rings. The molecule has 0 saturated heterocycles. The first kappa shape index (κ1) is 14.7. The molecule has 20 heavy (non-hydrogen) atoms. The van der Waals surface area contributed by atoms with Crippen molar-refractivity contribution in [3.8, 4) is 0 Å². The minimum absolute atomic E-state index is 0.367. The largest absolute Gasteiger partial charge is 0.374 e. The van der Waals surface area contributed by atoms with Gasteiger partial charge in [0.2, 0.25) is 0 Å². The van der Waals surface area contributed by atoms with Gasteiger partial charge in [-0.3, -0.25) is 4.98 Å². The van der Waals surface area contributed by atoms with Crippen LogP contribution in [0.15, 0.2) is 30.5 Å². The van der Waals surface area contributed by atoms with E-state index in [1.54, 1.807) is 12.3 Å². The Morgan fingerprint density at radius 1 is 1.30 bits per heavy atom. The van der Waals surface area contributed by atoms with Crippen molar-refractivity contribution in [1.82, 2.24) is 15.0 Å². The molecule has 0 bridgehead atoms. The van der Waals surface area contributed by atoms with Crippen LogP contribution in [0.1, 0.15) is 18.4 Å². The topological polar surface area (TPSA) is 59.9 Å². The van der Waals surface area contributed by atoms with Gasteiger partial charge in [-0.05, 0) is 19.1 Å². The molecule has 0 atom stereocenters. The van der Waals surface area contributed by atoms with E-state index in [-0.39, 0.29) is 0 Å². The molecule has 6 heteroatoms. The van der Waals surface area contributed by atoms with Crippen molar-refractivity contribution in [3.05, 3.63) is 47.1 Å². The molecule has 0 unspecified atom stereocenters. The first-order valence-electron chi connectivity index (χ1n) is 6.53. The summed E-state index contributed by atoms with van der Waals surface area (Å²) < 4.78 is 5.28. The van der Waals surface area contributed by atoms with E-state index in [2.05, 4.69) is 20.3 Å². The molecule has 0 amide bonds. The zero-order valence-electron chi connectivity index (χ0n) is 11.3. The van der Waals surface area contributed by atoms with Crippen LogP contribution in [0.3, 0.4) is 0 Å². The summed E-state index contributed by atoms with van der Waals surface area (Å²) in [6.07, 6.45) is 2.61. The average Bonchev–Trinajstić information content (AvgIpc) is 2.46. The Morgan fingerprint density at radius 3 is 2.95 bits per heavy atom. The second-order valence-electron chi connectivity index (χ2n) is 4.13. The van der Waals surface area contributed by atoms with Crippen molar-refractivity contribution < 1.29 is 4.74 Å². The number of halogens is 1. The fourth-order valence-electron chi connectivity index (χ4n) is 1.68. The van der Waals surface area contributed by atoms with Crippen LogP contribution in [0.4, 0.5) is 5.82 Å². The molecule has 106 valence electrons. The van der Waals surface area contributed by atoms with Gasteiger partial charge >= 0.3 is 0 Å². The lowest BCUT2D eigenvalue weighted by molar-refractivity contribution is 0.128. The highest BCUT2D eigenvalue weighted by Crippen LogP contribution is 2.12. The van der Waals surface area contributed by atoms with E-state index in [1.165, 1.54) is 0 Å². The fourth-order valence-corrected chi connectivity index (χ4v) is 1.88. The molecule has 2 rings (SSSR count). The third-order valence-electron chi connectivity index (χ3n) is 2.59. The normalized spacial score (nSPS) is 10.5. The Labute approximate surface area is 123 Å². The molecule has 1 N–H and O–H groups in total. The molecule has 2 aromatic rings. The predicted octanol–water partition coefficient (Wildman–Crippen LogP) is 2.72. The first-order valence-corrected chi connectivity index (χ1v) is 6.90. The lowest BCUT2D eigenvalue weighted by Gasteiger charge is -2.08. The Kier molecular flexibility index (Phi) is 5.70. The van der Waals surface area contributed by atoms with E-state index in [4.69, 9.17) is 16.3 Å². The van der Waals surface area contributed by atoms with E-state index in [0.29, 0.717) is 30.0 Å². The van der Waals surface area contributed by atoms with Gasteiger partial charge in [-0.15, -0.1) is 0 Å². The van der Waals surface area contributed by atoms with Crippen molar-refractivity contribution in [3.63, 3.8) is 0 Å². The number of hydrogen-bond donors (Lipinski definition) is 1. The number of ether oxygens (including phenoxy) is 1. The highest BCUT2D eigenvalue weighted by atomic mass is 35.5. The number of aromatic nitrogens is 3. The van der Waals surface area contributed by atoms with Crippen molar-refractivity contribution >= 4 is 17.4 Å². The minimum atomic E-state index is 0.367. The zero-order chi connectivity index (χ0) is 14.2. The molecule has 0 saturated carbocycles. The van der Waals surface area contributed by atoms with Crippen molar-refractivity contribution in [2.24, 2.45) is 0 Å². The summed E-state index contributed by atoms with van der Waals surface area (Å²) in [5.74, 6) is 1.29. The van der Waals surface area contributed by atoms with E-state index >= 15 is 0 Å². The molecule has 0 spiro atoms. The predicted molar refractivity (Wildman–Crippen MR) is 78.8 cm³/mol. The summed E-state index contributed by atoms with van der Waals surface area (Å²) in [5, 5.41) is 3.63. The van der Waals surface area contributed by atoms with E-state index in [0.717, 1.165) is 18.7 Å². The Bertz CT molecular complexity index is 536. The SMILES string of the molecule is CCOCc1nc(Cl)cc(NCCc2ccccn2)n1. The molecule has 0 radical (unpaired) electrons. The summed E-state index contributed by atoms with van der Waals surface area (Å²) in [5.41, 5.74) is 1.04. The van der Waals surface area contributed by atoms with Crippen LogP contribution in [0.5, 0.6) is 0 Å². The number of rotatable bonds is 7. The van der Waals surface area contributed by atoms with Crippen LogP contribution in [-0.4, -0.2) is 28.1 Å². The first-order chi connectivity index (χ1) is 9.78. The van der Waals surface area contributed by atoms with Crippen LogP contribution in [-0.2, 0) is 17.8 Å². The Hall–Kier alpha value is -1.72. The number of hydrogen-bond acceptors (Lipinski definition) is 5. The number of anilines is 1. The zero-order valence-corrected chi connectivity index (χ0v) is 12.1. The smallest absolute Gasteiger partial charge is 0.158 e. The van der Waals surface area contributed by atoms with Gasteiger partial charge in [-0.2, -0.15) is 0 Å². The summed E-state index contributed by atoms with van der Waals surface area (Å²) >= 11 is 5.97. The van der Waals surface area contributed by atoms with Crippen molar-refractivity contribution in [2.45, 2.75) is 20.0 Å². The number of nitrogens with zero attached hydrogens (tertiary/aromatic N) is 3. The van der Waals surface area contributed by atoms with Gasteiger partial charge in [-0.25, -0.2) is 9.97 Å². The van der Waals surface area contributed by atoms with Gasteiger partial charge in [0.15, 0.2) is 5.82 Å². The van der Waals surface area contributed by atoms with Crippen LogP contribution in [0, 0.1) is 0 Å². The maximum atomic E-state index is 5.97. The van der Waals surface area contributed by atoms with Crippen LogP contribution in [0.2, 0.25) is 5.15 Å². The molecule has 2 heterocycles. The van der Waals surface area contributed by atoms with Crippen molar-refractivity contribution in [2.75, 3.05) is 18.5 Å². The molecule has 5 nitrogen and oxygen atoms in total. The second-order valence-corrected chi connectivity index (χ2v) is 4.51. The molecule has 0 aromatic carbocycles. The minimum Gasteiger partial charge on any atom is -0.374 e. The number of nitrogens with one attached hydrogen (secondary N) is 1. The van der Waals surface area contributed by atoms with Gasteiger partial charge in [0, 0.05) is 37.5 Å². The second kappa shape index (κ2) is 7.77. The van der Waals surface area contributed by atoms with Gasteiger partial charge in [0.25, 0.3) is 0 Å². The van der Waals surface area contributed by atoms with Crippen LogP contribution in [0.25, 0.3) is 0 Å². The summed E-state index contributed by atoms with van der Waals surface area (Å²) in [6.45, 7) is 3.65. The highest BCUT2D eigenvalue weighted by molar-refractivity contribution is 6.29. The summed E-state index contributed by atoms with van der Waals surface area (Å²) in [6, 6.07) is 7.58. The molecule has 0 aliphatic carbocycles. The maximum absolute atomic E-state index is 5.97. The molecule has 0 aliphatic heterocycles. The number of pyridine rings is 1. The van der Waals surface area contributed by atoms with Gasteiger partial charge < -0.3 is 10.1 Å². The third-order valence-corrected chi connectivity index (χ3v) is 2.78. The fraction of sp³-hybridized carbons (Fsp3) is 0.357. The standard InChI is InChI=1S/C14H17ClN4O/c1-2-20-10-14-18-12(15)9-13(19-14)17-8-6-11-5-3-4-7-16-11/h3-5,7,9H,2,6,8,10H2,1H3,(H,17,18,19). The lowest BCUT2D eigenvalue weighted by atomic mass is 10.3. The van der Waals surface area contributed by atoms with E-state index in [1.807, 2.05) is 25.1 Å². The highest BCUT2D eigenvalue weighted by Gasteiger charge is 2.03. The molecular weight excluding hydrogens is 276 g/mol. The molecular formula is C14H17ClN4O. The van der Waals surface area contributed by atoms with Gasteiger partial charge in [0.1, 0.15) is 17.6 Å². The van der Waals surface area contributed by atoms with E-state index < -0.39 is 0 Å². The van der Waals surface area contributed by atoms with Crippen LogP contribution >= 0.6 is 11.6 Å². The third kappa shape index (κ3) is 4.75. The molecule has 2 aromatic heterocycles. The summed E-state index contributed by atoms with van der Waals surface area (Å²) in [7, 11) is 0. The van der Waals surface area contributed by atoms with Crippen LogP contribution < -0.4 is 5.32 Å². The van der Waals surface area contributed by atoms with E-state index in [9.17, 15) is 0 Å². The lowest BCUT2D eigenvalue weighted by Crippen LogP contribution is -2.09. The monoisotopic (exact) mass is 292 g/mol. The maximum Gasteiger partial charge on any atom is 0.158 e. The Balaban J connectivity index is 1.90. The van der Waals surface area contributed by atoms with Gasteiger partial charge in [-0.1, -0.05) is 17.7 Å². The average molecular weight is 293 g/mol. The Morgan fingerprint density at radius 2 is 2.20 bits per heavy atom. The van der Waals surface area contributed by atoms with Gasteiger partial charge in [0.05, 0.1) is 0 Å².